The summed E-state index contributed by atoms with van der Waals surface area (Å²) in [5, 5.41) is 23.7. The fourth-order valence-corrected chi connectivity index (χ4v) is 4.32. The average Bonchev–Trinajstić information content (AvgIpc) is 2.75. The van der Waals surface area contributed by atoms with Crippen molar-refractivity contribution in [2.45, 2.75) is 31.1 Å². The van der Waals surface area contributed by atoms with Crippen molar-refractivity contribution in [1.82, 2.24) is 9.88 Å². The van der Waals surface area contributed by atoms with Gasteiger partial charge < -0.3 is 14.9 Å². The van der Waals surface area contributed by atoms with Crippen molar-refractivity contribution < 1.29 is 14.9 Å². The number of rotatable bonds is 6. The van der Waals surface area contributed by atoms with Gasteiger partial charge in [-0.3, -0.25) is 9.88 Å². The molecule has 1 saturated heterocycles. The molecular weight excluding hydrogens is 423 g/mol. The number of aliphatic hydroxyl groups is 2. The lowest BCUT2D eigenvalue weighted by Gasteiger charge is -2.40. The van der Waals surface area contributed by atoms with Crippen LogP contribution in [0.3, 0.4) is 0 Å². The predicted octanol–water partition coefficient (Wildman–Crippen LogP) is 4.61. The Hall–Kier alpha value is -1.89. The predicted molar refractivity (Wildman–Crippen MR) is 119 cm³/mol. The SMILES string of the molecule is O[C@@H](CCOc1ccc(Cl)cc1Cl)N1CCC(O)(c2cnc3ccccc3c2)CC1. The van der Waals surface area contributed by atoms with E-state index >= 15 is 0 Å². The minimum Gasteiger partial charge on any atom is -0.492 e. The van der Waals surface area contributed by atoms with Crippen LogP contribution in [0, 0.1) is 0 Å². The Morgan fingerprint density at radius 1 is 1.10 bits per heavy atom. The van der Waals surface area contributed by atoms with E-state index in [0.29, 0.717) is 54.8 Å². The van der Waals surface area contributed by atoms with Crippen LogP contribution in [0.4, 0.5) is 0 Å². The molecular formula is C23H24Cl2N2O3. The van der Waals surface area contributed by atoms with Crippen LogP contribution in [0.2, 0.25) is 10.0 Å². The minimum absolute atomic E-state index is 0.331. The summed E-state index contributed by atoms with van der Waals surface area (Å²) < 4.78 is 5.67. The van der Waals surface area contributed by atoms with Crippen LogP contribution in [-0.4, -0.2) is 46.0 Å². The molecule has 7 heteroatoms. The van der Waals surface area contributed by atoms with E-state index in [1.165, 1.54) is 0 Å². The lowest BCUT2D eigenvalue weighted by molar-refractivity contribution is -0.0819. The highest BCUT2D eigenvalue weighted by Gasteiger charge is 2.36. The van der Waals surface area contributed by atoms with E-state index < -0.39 is 11.8 Å². The molecule has 0 bridgehead atoms. The van der Waals surface area contributed by atoms with E-state index in [1.54, 1.807) is 24.4 Å². The first kappa shape index (κ1) is 21.3. The van der Waals surface area contributed by atoms with Gasteiger partial charge in [0.25, 0.3) is 0 Å². The summed E-state index contributed by atoms with van der Waals surface area (Å²) in [6, 6.07) is 15.0. The maximum Gasteiger partial charge on any atom is 0.137 e. The molecule has 30 heavy (non-hydrogen) atoms. The smallest absolute Gasteiger partial charge is 0.137 e. The van der Waals surface area contributed by atoms with Gasteiger partial charge in [-0.2, -0.15) is 0 Å². The summed E-state index contributed by atoms with van der Waals surface area (Å²) in [6.07, 6.45) is 2.63. The van der Waals surface area contributed by atoms with Crippen molar-refractivity contribution in [3.05, 3.63) is 70.3 Å². The third-order valence-corrected chi connectivity index (χ3v) is 6.23. The number of hydrogen-bond acceptors (Lipinski definition) is 5. The lowest BCUT2D eigenvalue weighted by Crippen LogP contribution is -2.47. The fourth-order valence-electron chi connectivity index (χ4n) is 3.86. The Morgan fingerprint density at radius 2 is 1.87 bits per heavy atom. The number of fused-ring (bicyclic) bond motifs is 1. The van der Waals surface area contributed by atoms with Gasteiger partial charge in [0.1, 0.15) is 12.0 Å². The first-order valence-corrected chi connectivity index (χ1v) is 10.8. The molecule has 1 atom stereocenters. The van der Waals surface area contributed by atoms with E-state index in [9.17, 15) is 10.2 Å². The second kappa shape index (κ2) is 9.08. The number of benzene rings is 2. The van der Waals surface area contributed by atoms with Crippen molar-refractivity contribution in [1.29, 1.82) is 0 Å². The number of nitrogens with zero attached hydrogens (tertiary/aromatic N) is 2. The molecule has 1 aliphatic heterocycles. The van der Waals surface area contributed by atoms with Gasteiger partial charge in [0.2, 0.25) is 0 Å². The number of aliphatic hydroxyl groups excluding tert-OH is 1. The highest BCUT2D eigenvalue weighted by Crippen LogP contribution is 2.34. The van der Waals surface area contributed by atoms with Crippen molar-refractivity contribution in [3.8, 4) is 5.75 Å². The van der Waals surface area contributed by atoms with Crippen molar-refractivity contribution in [2.75, 3.05) is 19.7 Å². The first-order chi connectivity index (χ1) is 14.4. The molecule has 2 N–H and O–H groups in total. The van der Waals surface area contributed by atoms with Crippen molar-refractivity contribution in [2.24, 2.45) is 0 Å². The summed E-state index contributed by atoms with van der Waals surface area (Å²) in [7, 11) is 0. The first-order valence-electron chi connectivity index (χ1n) is 10.0. The zero-order chi connectivity index (χ0) is 21.1. The van der Waals surface area contributed by atoms with Crippen LogP contribution in [0.5, 0.6) is 5.75 Å². The van der Waals surface area contributed by atoms with Gasteiger partial charge in [-0.15, -0.1) is 0 Å². The monoisotopic (exact) mass is 446 g/mol. The van der Waals surface area contributed by atoms with Crippen molar-refractivity contribution >= 4 is 34.1 Å². The maximum atomic E-state index is 11.2. The highest BCUT2D eigenvalue weighted by molar-refractivity contribution is 6.35. The Balaban J connectivity index is 1.31. The number of ether oxygens (including phenoxy) is 1. The second-order valence-corrected chi connectivity index (χ2v) is 8.52. The third kappa shape index (κ3) is 4.71. The molecule has 158 valence electrons. The van der Waals surface area contributed by atoms with Gasteiger partial charge in [0.15, 0.2) is 0 Å². The van der Waals surface area contributed by atoms with Gasteiger partial charge in [-0.05, 0) is 43.2 Å². The number of piperidine rings is 1. The summed E-state index contributed by atoms with van der Waals surface area (Å²) >= 11 is 12.0. The molecule has 0 unspecified atom stereocenters. The molecule has 0 amide bonds. The standard InChI is InChI=1S/C23H24Cl2N2O3/c24-18-5-6-21(19(25)14-18)30-12-7-22(28)27-10-8-23(29,9-11-27)17-13-16-3-1-2-4-20(16)26-15-17/h1-6,13-15,22,28-29H,7-12H2/t22-/m0/s1. The molecule has 4 rings (SSSR count). The minimum atomic E-state index is -0.930. The molecule has 5 nitrogen and oxygen atoms in total. The van der Waals surface area contributed by atoms with E-state index in [1.807, 2.05) is 35.2 Å². The average molecular weight is 447 g/mol. The molecule has 0 radical (unpaired) electrons. The van der Waals surface area contributed by atoms with Crippen LogP contribution < -0.4 is 4.74 Å². The maximum absolute atomic E-state index is 11.2. The molecule has 2 aromatic carbocycles. The molecule has 3 aromatic rings. The zero-order valence-electron chi connectivity index (χ0n) is 16.5. The fraction of sp³-hybridized carbons (Fsp3) is 0.348. The number of pyridine rings is 1. The topological polar surface area (TPSA) is 65.8 Å². The number of likely N-dealkylation sites (tertiary alicyclic amines) is 1. The van der Waals surface area contributed by atoms with E-state index in [2.05, 4.69) is 4.98 Å². The van der Waals surface area contributed by atoms with Gasteiger partial charge in [-0.25, -0.2) is 0 Å². The zero-order valence-corrected chi connectivity index (χ0v) is 18.0. The van der Waals surface area contributed by atoms with Gasteiger partial charge >= 0.3 is 0 Å². The van der Waals surface area contributed by atoms with Crippen LogP contribution in [0.1, 0.15) is 24.8 Å². The van der Waals surface area contributed by atoms with Crippen LogP contribution in [0.25, 0.3) is 10.9 Å². The summed E-state index contributed by atoms with van der Waals surface area (Å²) in [5.74, 6) is 0.546. The van der Waals surface area contributed by atoms with E-state index in [0.717, 1.165) is 16.5 Å². The summed E-state index contributed by atoms with van der Waals surface area (Å²) in [5.41, 5.74) is 0.815. The normalized spacial score (nSPS) is 17.7. The highest BCUT2D eigenvalue weighted by atomic mass is 35.5. The Bertz CT molecular complexity index is 1020. The van der Waals surface area contributed by atoms with Crippen molar-refractivity contribution in [3.63, 3.8) is 0 Å². The van der Waals surface area contributed by atoms with Crippen LogP contribution in [0.15, 0.2) is 54.7 Å². The van der Waals surface area contributed by atoms with Gasteiger partial charge in [-0.1, -0.05) is 41.4 Å². The molecule has 1 aliphatic rings. The Morgan fingerprint density at radius 3 is 2.63 bits per heavy atom. The lowest BCUT2D eigenvalue weighted by atomic mass is 9.84. The molecule has 0 saturated carbocycles. The molecule has 0 spiro atoms. The number of halogens is 2. The van der Waals surface area contributed by atoms with Gasteiger partial charge in [0.05, 0.1) is 22.7 Å². The number of para-hydroxylation sites is 1. The number of hydrogen-bond donors (Lipinski definition) is 2. The number of aromatic nitrogens is 1. The molecule has 1 aromatic heterocycles. The van der Waals surface area contributed by atoms with Crippen LogP contribution >= 0.6 is 23.2 Å². The largest absolute Gasteiger partial charge is 0.492 e. The molecule has 1 fully saturated rings. The molecule has 2 heterocycles. The summed E-state index contributed by atoms with van der Waals surface area (Å²) in [6.45, 7) is 1.51. The second-order valence-electron chi connectivity index (χ2n) is 7.68. The van der Waals surface area contributed by atoms with Crippen LogP contribution in [-0.2, 0) is 5.60 Å². The van der Waals surface area contributed by atoms with Gasteiger partial charge in [0, 0.05) is 41.7 Å². The van der Waals surface area contributed by atoms with E-state index in [4.69, 9.17) is 27.9 Å². The Kier molecular flexibility index (Phi) is 6.46. The molecule has 0 aliphatic carbocycles. The Labute approximate surface area is 185 Å². The quantitative estimate of drug-likeness (QED) is 0.578. The third-order valence-electron chi connectivity index (χ3n) is 5.70. The summed E-state index contributed by atoms with van der Waals surface area (Å²) in [4.78, 5) is 6.45. The van der Waals surface area contributed by atoms with E-state index in [-0.39, 0.29) is 0 Å².